The Labute approximate surface area is 221 Å². The molecule has 0 spiro atoms. The van der Waals surface area contributed by atoms with Crippen LogP contribution in [0.15, 0.2) is 82.3 Å². The Morgan fingerprint density at radius 3 is 2.65 bits per heavy atom. The SMILES string of the molecule is COc1cc([N+](=O)[O-])ccc1-c1ccc(/C=N/NC(=O)c2ccccc2OCc2ccc(Cl)cc2Cl)o1. The van der Waals surface area contributed by atoms with E-state index >= 15 is 0 Å². The van der Waals surface area contributed by atoms with E-state index in [4.69, 9.17) is 37.1 Å². The number of nitro benzene ring substituents is 1. The minimum absolute atomic E-state index is 0.0998. The minimum Gasteiger partial charge on any atom is -0.496 e. The molecule has 0 aliphatic carbocycles. The van der Waals surface area contributed by atoms with Crippen LogP contribution in [0.4, 0.5) is 5.69 Å². The summed E-state index contributed by atoms with van der Waals surface area (Å²) >= 11 is 12.1. The Balaban J connectivity index is 1.42. The van der Waals surface area contributed by atoms with Gasteiger partial charge in [0, 0.05) is 21.7 Å². The molecule has 1 aromatic heterocycles. The fraction of sp³-hybridized carbons (Fsp3) is 0.0769. The van der Waals surface area contributed by atoms with Gasteiger partial charge in [0.2, 0.25) is 0 Å². The van der Waals surface area contributed by atoms with Crippen molar-refractivity contribution in [1.29, 1.82) is 0 Å². The monoisotopic (exact) mass is 539 g/mol. The molecule has 1 amide bonds. The number of nitrogens with one attached hydrogen (secondary N) is 1. The lowest BCUT2D eigenvalue weighted by Crippen LogP contribution is -2.18. The molecule has 4 aromatic rings. The van der Waals surface area contributed by atoms with Crippen LogP contribution < -0.4 is 14.9 Å². The van der Waals surface area contributed by atoms with Gasteiger partial charge >= 0.3 is 0 Å². The zero-order chi connectivity index (χ0) is 26.4. The van der Waals surface area contributed by atoms with Gasteiger partial charge in [0.05, 0.1) is 35.4 Å². The average molecular weight is 540 g/mol. The van der Waals surface area contributed by atoms with Gasteiger partial charge in [-0.2, -0.15) is 5.10 Å². The standard InChI is InChI=1S/C26H19Cl2N3O6/c1-35-25-13-18(31(33)34)8-10-20(25)24-11-9-19(37-24)14-29-30-26(32)21-4-2-3-5-23(21)36-15-16-6-7-17(27)12-22(16)28/h2-14H,15H2,1H3,(H,30,32)/b29-14+. The van der Waals surface area contributed by atoms with Crippen molar-refractivity contribution in [3.63, 3.8) is 0 Å². The highest BCUT2D eigenvalue weighted by Gasteiger charge is 2.16. The second-order valence-corrected chi connectivity index (χ2v) is 8.41. The molecule has 9 nitrogen and oxygen atoms in total. The summed E-state index contributed by atoms with van der Waals surface area (Å²) in [5.74, 6) is 0.915. The molecule has 0 unspecified atom stereocenters. The molecule has 0 aliphatic rings. The van der Waals surface area contributed by atoms with E-state index in [-0.39, 0.29) is 23.6 Å². The van der Waals surface area contributed by atoms with E-state index in [2.05, 4.69) is 10.5 Å². The molecule has 37 heavy (non-hydrogen) atoms. The van der Waals surface area contributed by atoms with E-state index in [1.165, 1.54) is 31.5 Å². The van der Waals surface area contributed by atoms with Crippen molar-refractivity contribution >= 4 is 41.0 Å². The van der Waals surface area contributed by atoms with E-state index < -0.39 is 10.8 Å². The van der Waals surface area contributed by atoms with Crippen LogP contribution in [-0.2, 0) is 6.61 Å². The zero-order valence-corrected chi connectivity index (χ0v) is 20.8. The number of hydrogen-bond donors (Lipinski definition) is 1. The molecular formula is C26H19Cl2N3O6. The van der Waals surface area contributed by atoms with Crippen LogP contribution in [0, 0.1) is 10.1 Å². The predicted octanol–water partition coefficient (Wildman–Crippen LogP) is 6.51. The number of ether oxygens (including phenoxy) is 2. The Morgan fingerprint density at radius 1 is 1.08 bits per heavy atom. The van der Waals surface area contributed by atoms with Gasteiger partial charge in [-0.15, -0.1) is 0 Å². The predicted molar refractivity (Wildman–Crippen MR) is 140 cm³/mol. The number of halogens is 2. The maximum atomic E-state index is 12.7. The molecule has 0 fully saturated rings. The Kier molecular flexibility index (Phi) is 8.07. The zero-order valence-electron chi connectivity index (χ0n) is 19.3. The number of nitro groups is 1. The van der Waals surface area contributed by atoms with Gasteiger partial charge in [-0.25, -0.2) is 5.43 Å². The minimum atomic E-state index is -0.509. The molecule has 0 saturated carbocycles. The van der Waals surface area contributed by atoms with Crippen molar-refractivity contribution in [2.45, 2.75) is 6.61 Å². The maximum absolute atomic E-state index is 12.7. The van der Waals surface area contributed by atoms with Gasteiger partial charge < -0.3 is 13.9 Å². The molecular weight excluding hydrogens is 521 g/mol. The van der Waals surface area contributed by atoms with E-state index in [0.29, 0.717) is 32.9 Å². The second kappa shape index (κ2) is 11.6. The molecule has 0 bridgehead atoms. The molecule has 0 atom stereocenters. The summed E-state index contributed by atoms with van der Waals surface area (Å²) in [5, 5.41) is 15.9. The third kappa shape index (κ3) is 6.27. The largest absolute Gasteiger partial charge is 0.496 e. The lowest BCUT2D eigenvalue weighted by atomic mass is 10.1. The van der Waals surface area contributed by atoms with Gasteiger partial charge in [0.1, 0.15) is 29.6 Å². The second-order valence-electron chi connectivity index (χ2n) is 7.56. The van der Waals surface area contributed by atoms with Gasteiger partial charge in [-0.1, -0.05) is 41.4 Å². The normalized spacial score (nSPS) is 10.9. The van der Waals surface area contributed by atoms with Crippen LogP contribution in [0.2, 0.25) is 10.0 Å². The third-order valence-electron chi connectivity index (χ3n) is 5.18. The molecule has 188 valence electrons. The smallest absolute Gasteiger partial charge is 0.275 e. The molecule has 3 aromatic carbocycles. The number of benzene rings is 3. The van der Waals surface area contributed by atoms with E-state index in [9.17, 15) is 14.9 Å². The number of methoxy groups -OCH3 is 1. The summed E-state index contributed by atoms with van der Waals surface area (Å²) in [4.78, 5) is 23.2. The van der Waals surface area contributed by atoms with E-state index in [1.54, 1.807) is 54.6 Å². The third-order valence-corrected chi connectivity index (χ3v) is 5.76. The first-order valence-corrected chi connectivity index (χ1v) is 11.5. The lowest BCUT2D eigenvalue weighted by molar-refractivity contribution is -0.384. The van der Waals surface area contributed by atoms with Crippen LogP contribution in [0.3, 0.4) is 0 Å². The van der Waals surface area contributed by atoms with Crippen molar-refractivity contribution in [3.05, 3.63) is 110 Å². The first kappa shape index (κ1) is 25.7. The summed E-state index contributed by atoms with van der Waals surface area (Å²) in [6.07, 6.45) is 1.33. The first-order valence-electron chi connectivity index (χ1n) is 10.8. The fourth-order valence-corrected chi connectivity index (χ4v) is 3.82. The topological polar surface area (TPSA) is 116 Å². The number of carbonyl (C=O) groups excluding carboxylic acids is 1. The molecule has 4 rings (SSSR count). The Bertz CT molecular complexity index is 1480. The lowest BCUT2D eigenvalue weighted by Gasteiger charge is -2.11. The highest BCUT2D eigenvalue weighted by atomic mass is 35.5. The summed E-state index contributed by atoms with van der Waals surface area (Å²) in [5.41, 5.74) is 3.87. The Hall–Kier alpha value is -4.34. The average Bonchev–Trinajstić information content (AvgIpc) is 3.36. The molecule has 11 heteroatoms. The van der Waals surface area contributed by atoms with Gasteiger partial charge in [0.15, 0.2) is 0 Å². The first-order chi connectivity index (χ1) is 17.9. The van der Waals surface area contributed by atoms with E-state index in [0.717, 1.165) is 5.56 Å². The number of nitrogens with zero attached hydrogens (tertiary/aromatic N) is 2. The van der Waals surface area contributed by atoms with Crippen molar-refractivity contribution in [2.75, 3.05) is 7.11 Å². The number of para-hydroxylation sites is 1. The van der Waals surface area contributed by atoms with Crippen molar-refractivity contribution in [1.82, 2.24) is 5.43 Å². The van der Waals surface area contributed by atoms with E-state index in [1.807, 2.05) is 0 Å². The van der Waals surface area contributed by atoms with Crippen LogP contribution in [-0.4, -0.2) is 24.2 Å². The number of carbonyl (C=O) groups is 1. The maximum Gasteiger partial charge on any atom is 0.275 e. The van der Waals surface area contributed by atoms with Crippen molar-refractivity contribution in [3.8, 4) is 22.8 Å². The van der Waals surface area contributed by atoms with Crippen molar-refractivity contribution < 1.29 is 23.6 Å². The molecule has 0 aliphatic heterocycles. The number of amides is 1. The van der Waals surface area contributed by atoms with Crippen LogP contribution in [0.5, 0.6) is 11.5 Å². The van der Waals surface area contributed by atoms with Gasteiger partial charge in [0.25, 0.3) is 11.6 Å². The van der Waals surface area contributed by atoms with Gasteiger partial charge in [-0.05, 0) is 42.5 Å². The summed E-state index contributed by atoms with van der Waals surface area (Å²) < 4.78 is 16.8. The van der Waals surface area contributed by atoms with Crippen LogP contribution in [0.1, 0.15) is 21.7 Å². The quantitative estimate of drug-likeness (QED) is 0.147. The molecule has 1 heterocycles. The van der Waals surface area contributed by atoms with Crippen LogP contribution >= 0.6 is 23.2 Å². The highest BCUT2D eigenvalue weighted by molar-refractivity contribution is 6.35. The van der Waals surface area contributed by atoms with Crippen LogP contribution in [0.25, 0.3) is 11.3 Å². The molecule has 0 radical (unpaired) electrons. The fourth-order valence-electron chi connectivity index (χ4n) is 3.35. The number of hydrogen-bond acceptors (Lipinski definition) is 7. The Morgan fingerprint density at radius 2 is 1.89 bits per heavy atom. The summed E-state index contributed by atoms with van der Waals surface area (Å²) in [6, 6.07) is 19.3. The van der Waals surface area contributed by atoms with Gasteiger partial charge in [-0.3, -0.25) is 14.9 Å². The summed E-state index contributed by atoms with van der Waals surface area (Å²) in [6.45, 7) is 0.144. The number of hydrazone groups is 1. The number of rotatable bonds is 9. The number of furan rings is 1. The summed E-state index contributed by atoms with van der Waals surface area (Å²) in [7, 11) is 1.41. The van der Waals surface area contributed by atoms with Crippen molar-refractivity contribution in [2.24, 2.45) is 5.10 Å². The molecule has 0 saturated heterocycles. The highest BCUT2D eigenvalue weighted by Crippen LogP contribution is 2.34. The molecule has 1 N–H and O–H groups in total. The number of non-ortho nitro benzene ring substituents is 1.